The zero-order valence-corrected chi connectivity index (χ0v) is 19.6. The van der Waals surface area contributed by atoms with Crippen molar-refractivity contribution in [2.24, 2.45) is 4.99 Å². The first kappa shape index (κ1) is 23.9. The van der Waals surface area contributed by atoms with Crippen molar-refractivity contribution >= 4 is 50.0 Å². The number of sulfone groups is 1. The number of fused-ring (bicyclic) bond motifs is 1. The van der Waals surface area contributed by atoms with Crippen LogP contribution in [-0.2, 0) is 27.2 Å². The van der Waals surface area contributed by atoms with Gasteiger partial charge in [-0.15, -0.1) is 0 Å². The lowest BCUT2D eigenvalue weighted by Crippen LogP contribution is -2.38. The summed E-state index contributed by atoms with van der Waals surface area (Å²) in [5, 5.41) is -0.323. The third kappa shape index (κ3) is 5.15. The minimum Gasteiger partial charge on any atom is -0.497 e. The van der Waals surface area contributed by atoms with Crippen LogP contribution in [0.2, 0.25) is 5.02 Å². The molecule has 2 aromatic rings. The van der Waals surface area contributed by atoms with Crippen LogP contribution in [-0.4, -0.2) is 49.4 Å². The summed E-state index contributed by atoms with van der Waals surface area (Å²) in [5.41, 5.74) is -0.278. The number of carbonyl (C=O) groups excluding carboxylic acids is 1. The fraction of sp³-hybridized carbons (Fsp3) is 0.333. The number of amides is 1. The number of alkyl halides is 3. The Morgan fingerprint density at radius 3 is 2.55 bits per heavy atom. The maximum atomic E-state index is 13.3. The quantitative estimate of drug-likeness (QED) is 0.603. The lowest BCUT2D eigenvalue weighted by atomic mass is 10.1. The third-order valence-corrected chi connectivity index (χ3v) is 8.86. The molecule has 4 rings (SSSR count). The predicted octanol–water partition coefficient (Wildman–Crippen LogP) is 4.21. The second-order valence-corrected chi connectivity index (χ2v) is 11.4. The van der Waals surface area contributed by atoms with Gasteiger partial charge in [-0.05, 0) is 35.9 Å². The molecule has 2 aliphatic rings. The van der Waals surface area contributed by atoms with Gasteiger partial charge < -0.3 is 9.64 Å². The standard InChI is InChI=1S/C21H18ClF3N2O4S2/c1-31-14-5-2-12(3-6-14)8-19(28)26-20-27(17-10-33(29,30)11-18(17)32-20)16-9-13(21(23,24)25)4-7-15(16)22/h2-7,9,17-18H,8,10-11H2,1H3/t17-,18-/m1/s1. The van der Waals surface area contributed by atoms with E-state index < -0.39 is 38.8 Å². The van der Waals surface area contributed by atoms with Crippen LogP contribution in [0.1, 0.15) is 11.1 Å². The van der Waals surface area contributed by atoms with Gasteiger partial charge in [0.05, 0.1) is 47.4 Å². The van der Waals surface area contributed by atoms with Gasteiger partial charge in [-0.1, -0.05) is 35.5 Å². The molecular weight excluding hydrogens is 501 g/mol. The van der Waals surface area contributed by atoms with E-state index >= 15 is 0 Å². The van der Waals surface area contributed by atoms with E-state index in [2.05, 4.69) is 4.99 Å². The molecule has 33 heavy (non-hydrogen) atoms. The minimum absolute atomic E-state index is 0.00357. The number of halogens is 4. The van der Waals surface area contributed by atoms with E-state index in [1.807, 2.05) is 0 Å². The Balaban J connectivity index is 1.69. The number of aliphatic imine (C=N–C) groups is 1. The van der Waals surface area contributed by atoms with Crippen LogP contribution in [0.15, 0.2) is 47.5 Å². The minimum atomic E-state index is -4.62. The summed E-state index contributed by atoms with van der Waals surface area (Å²) < 4.78 is 69.4. The molecule has 0 radical (unpaired) electrons. The molecule has 2 saturated heterocycles. The fourth-order valence-corrected chi connectivity index (χ4v) is 7.92. The van der Waals surface area contributed by atoms with Gasteiger partial charge in [-0.25, -0.2) is 8.42 Å². The van der Waals surface area contributed by atoms with Gasteiger partial charge in [0, 0.05) is 5.25 Å². The van der Waals surface area contributed by atoms with Crippen molar-refractivity contribution in [3.05, 3.63) is 58.6 Å². The normalized spacial score (nSPS) is 23.1. The van der Waals surface area contributed by atoms with Crippen molar-refractivity contribution in [2.75, 3.05) is 23.5 Å². The molecule has 0 spiro atoms. The van der Waals surface area contributed by atoms with Crippen LogP contribution < -0.4 is 9.64 Å². The second-order valence-electron chi connectivity index (χ2n) is 7.65. The first-order valence-corrected chi connectivity index (χ1v) is 12.8. The Morgan fingerprint density at radius 1 is 1.21 bits per heavy atom. The average molecular weight is 519 g/mol. The number of anilines is 1. The molecule has 0 aromatic heterocycles. The summed E-state index contributed by atoms with van der Waals surface area (Å²) in [5.74, 6) is -0.300. The van der Waals surface area contributed by atoms with Crippen LogP contribution >= 0.6 is 23.4 Å². The first-order chi connectivity index (χ1) is 15.5. The maximum Gasteiger partial charge on any atom is 0.416 e. The Labute approximate surface area is 197 Å². The number of thioether (sulfide) groups is 1. The van der Waals surface area contributed by atoms with E-state index in [-0.39, 0.29) is 33.8 Å². The van der Waals surface area contributed by atoms with E-state index in [0.717, 1.165) is 30.0 Å². The first-order valence-electron chi connectivity index (χ1n) is 9.74. The van der Waals surface area contributed by atoms with E-state index in [9.17, 15) is 26.4 Å². The number of methoxy groups -OCH3 is 1. The Morgan fingerprint density at radius 2 is 1.91 bits per heavy atom. The monoisotopic (exact) mass is 518 g/mol. The highest BCUT2D eigenvalue weighted by Crippen LogP contribution is 2.44. The molecule has 2 heterocycles. The summed E-state index contributed by atoms with van der Waals surface area (Å²) in [6.07, 6.45) is -4.65. The largest absolute Gasteiger partial charge is 0.497 e. The third-order valence-electron chi connectivity index (χ3n) is 5.33. The number of carbonyl (C=O) groups is 1. The molecule has 2 aliphatic heterocycles. The van der Waals surface area contributed by atoms with Crippen LogP contribution in [0, 0.1) is 0 Å². The Bertz CT molecular complexity index is 1220. The second kappa shape index (κ2) is 8.84. The van der Waals surface area contributed by atoms with Gasteiger partial charge >= 0.3 is 6.18 Å². The number of benzene rings is 2. The van der Waals surface area contributed by atoms with E-state index in [4.69, 9.17) is 16.3 Å². The highest BCUT2D eigenvalue weighted by molar-refractivity contribution is 8.16. The zero-order valence-electron chi connectivity index (χ0n) is 17.2. The molecule has 0 saturated carbocycles. The number of hydrogen-bond acceptors (Lipinski definition) is 5. The Hall–Kier alpha value is -2.24. The van der Waals surface area contributed by atoms with Gasteiger partial charge in [-0.2, -0.15) is 18.2 Å². The fourth-order valence-electron chi connectivity index (χ4n) is 3.78. The molecule has 2 atom stereocenters. The molecule has 1 amide bonds. The van der Waals surface area contributed by atoms with Crippen molar-refractivity contribution in [3.8, 4) is 5.75 Å². The summed E-state index contributed by atoms with van der Waals surface area (Å²) in [4.78, 5) is 18.2. The smallest absolute Gasteiger partial charge is 0.416 e. The topological polar surface area (TPSA) is 76.0 Å². The van der Waals surface area contributed by atoms with E-state index in [1.165, 1.54) is 12.0 Å². The van der Waals surface area contributed by atoms with Gasteiger partial charge in [0.1, 0.15) is 5.75 Å². The summed E-state index contributed by atoms with van der Waals surface area (Å²) in [7, 11) is -1.86. The van der Waals surface area contributed by atoms with E-state index in [1.54, 1.807) is 24.3 Å². The average Bonchev–Trinajstić information content (AvgIpc) is 3.19. The molecule has 2 aromatic carbocycles. The maximum absolute atomic E-state index is 13.3. The lowest BCUT2D eigenvalue weighted by molar-refractivity contribution is -0.137. The molecule has 0 unspecified atom stereocenters. The molecule has 0 aliphatic carbocycles. The molecule has 0 bridgehead atoms. The van der Waals surface area contributed by atoms with Crippen molar-refractivity contribution < 1.29 is 31.1 Å². The molecule has 0 N–H and O–H groups in total. The highest BCUT2D eigenvalue weighted by Gasteiger charge is 2.50. The predicted molar refractivity (Wildman–Crippen MR) is 122 cm³/mol. The molecule has 12 heteroatoms. The summed E-state index contributed by atoms with van der Waals surface area (Å²) in [6, 6.07) is 8.96. The lowest BCUT2D eigenvalue weighted by Gasteiger charge is -2.26. The van der Waals surface area contributed by atoms with Crippen LogP contribution in [0.3, 0.4) is 0 Å². The van der Waals surface area contributed by atoms with Crippen molar-refractivity contribution in [3.63, 3.8) is 0 Å². The van der Waals surface area contributed by atoms with Crippen LogP contribution in [0.4, 0.5) is 18.9 Å². The molecule has 176 valence electrons. The molecule has 6 nitrogen and oxygen atoms in total. The van der Waals surface area contributed by atoms with Crippen molar-refractivity contribution in [1.29, 1.82) is 0 Å². The molecule has 2 fully saturated rings. The van der Waals surface area contributed by atoms with Crippen molar-refractivity contribution in [1.82, 2.24) is 0 Å². The summed E-state index contributed by atoms with van der Waals surface area (Å²) in [6.45, 7) is 0. The van der Waals surface area contributed by atoms with Gasteiger partial charge in [0.25, 0.3) is 5.91 Å². The highest BCUT2D eigenvalue weighted by atomic mass is 35.5. The number of ether oxygens (including phenoxy) is 1. The SMILES string of the molecule is COc1ccc(CC(=O)N=C2S[C@@H]3CS(=O)(=O)C[C@H]3N2c2cc(C(F)(F)F)ccc2Cl)cc1. The number of amidine groups is 1. The Kier molecular flexibility index (Phi) is 6.41. The van der Waals surface area contributed by atoms with Gasteiger partial charge in [0.15, 0.2) is 15.0 Å². The van der Waals surface area contributed by atoms with Gasteiger partial charge in [-0.3, -0.25) is 4.79 Å². The van der Waals surface area contributed by atoms with E-state index in [0.29, 0.717) is 11.3 Å². The molecular formula is C21H18ClF3N2O4S2. The summed E-state index contributed by atoms with van der Waals surface area (Å²) >= 11 is 7.30. The van der Waals surface area contributed by atoms with Crippen molar-refractivity contribution in [2.45, 2.75) is 23.9 Å². The zero-order chi connectivity index (χ0) is 24.0. The van der Waals surface area contributed by atoms with Crippen LogP contribution in [0.5, 0.6) is 5.75 Å². The van der Waals surface area contributed by atoms with Gasteiger partial charge in [0.2, 0.25) is 0 Å². The number of rotatable bonds is 4. The number of nitrogens with zero attached hydrogens (tertiary/aromatic N) is 2. The van der Waals surface area contributed by atoms with Crippen LogP contribution in [0.25, 0.3) is 0 Å². The number of hydrogen-bond donors (Lipinski definition) is 0.